The predicted octanol–water partition coefficient (Wildman–Crippen LogP) is 9.79. The van der Waals surface area contributed by atoms with Gasteiger partial charge in [0.1, 0.15) is 30.4 Å². The van der Waals surface area contributed by atoms with Crippen molar-refractivity contribution in [2.75, 3.05) is 16.8 Å². The molecule has 3 aromatic heterocycles. The van der Waals surface area contributed by atoms with E-state index in [9.17, 15) is 61.5 Å². The molecule has 1 N–H and O–H groups in total. The summed E-state index contributed by atoms with van der Waals surface area (Å²) in [5.41, 5.74) is -4.94. The van der Waals surface area contributed by atoms with Crippen LogP contribution in [0.1, 0.15) is 88.5 Å². The maximum atomic E-state index is 15.6. The summed E-state index contributed by atoms with van der Waals surface area (Å²) in [7, 11) is -8.49. The third-order valence-corrected chi connectivity index (χ3v) is 16.5. The van der Waals surface area contributed by atoms with Gasteiger partial charge in [0, 0.05) is 46.2 Å². The quantitative estimate of drug-likeness (QED) is 0.0986. The van der Waals surface area contributed by atoms with Gasteiger partial charge in [-0.3, -0.25) is 23.9 Å². The van der Waals surface area contributed by atoms with Crippen molar-refractivity contribution >= 4 is 60.0 Å². The van der Waals surface area contributed by atoms with Crippen LogP contribution in [0.2, 0.25) is 5.02 Å². The summed E-state index contributed by atoms with van der Waals surface area (Å²) in [5.74, 6) is -12.1. The van der Waals surface area contributed by atoms with Crippen LogP contribution in [0.15, 0.2) is 66.7 Å². The van der Waals surface area contributed by atoms with Crippen molar-refractivity contribution in [2.45, 2.75) is 94.5 Å². The molecule has 1 saturated carbocycles. The number of nitrogens with one attached hydrogen (secondary N) is 1. The Bertz CT molecular complexity index is 3450. The molecule has 0 unspecified atom stereocenters. The third-order valence-electron chi connectivity index (χ3n) is 13.0. The van der Waals surface area contributed by atoms with Crippen molar-refractivity contribution < 1.29 is 70.3 Å². The Morgan fingerprint density at radius 2 is 1.55 bits per heavy atom. The zero-order valence-electron chi connectivity index (χ0n) is 38.9. The maximum absolute atomic E-state index is 15.6. The number of alkyl halides is 8. The molecule has 2 aliphatic carbocycles. The van der Waals surface area contributed by atoms with E-state index in [-0.39, 0.29) is 67.5 Å². The van der Waals surface area contributed by atoms with E-state index in [0.717, 1.165) is 24.5 Å². The van der Waals surface area contributed by atoms with Crippen LogP contribution >= 0.6 is 11.6 Å². The third kappa shape index (κ3) is 10.4. The number of carbonyl (C=O) groups excluding carboxylic acids is 2. The van der Waals surface area contributed by atoms with Gasteiger partial charge < -0.3 is 5.32 Å². The molecule has 1 fully saturated rings. The first-order chi connectivity index (χ1) is 33.7. The maximum Gasteiger partial charge on any atom is 0.435 e. The molecule has 0 aliphatic heterocycles. The first-order valence-corrected chi connectivity index (χ1v) is 26.2. The number of aromatic nitrogens is 5. The van der Waals surface area contributed by atoms with Crippen LogP contribution in [-0.2, 0) is 62.7 Å². The summed E-state index contributed by atoms with van der Waals surface area (Å²) in [6.07, 6.45) is -9.86. The van der Waals surface area contributed by atoms with Crippen molar-refractivity contribution in [1.82, 2.24) is 29.9 Å². The van der Waals surface area contributed by atoms with Gasteiger partial charge in [-0.2, -0.15) is 49.6 Å². The molecular formula is C47H42ClF10N7O6S2. The number of amides is 2. The van der Waals surface area contributed by atoms with Crippen molar-refractivity contribution in [3.05, 3.63) is 128 Å². The Labute approximate surface area is 415 Å². The average Bonchev–Trinajstić information content (AvgIpc) is 3.77. The van der Waals surface area contributed by atoms with Gasteiger partial charge in [0.15, 0.2) is 21.3 Å². The summed E-state index contributed by atoms with van der Waals surface area (Å²) in [6, 6.07) is 11.1. The van der Waals surface area contributed by atoms with Gasteiger partial charge in [0.25, 0.3) is 11.8 Å². The number of aryl methyl sites for hydroxylation is 2. The molecule has 0 bridgehead atoms. The number of hydrogen-bond acceptors (Lipinski definition) is 9. The molecule has 2 amide bonds. The minimum Gasteiger partial charge on any atom is -0.346 e. The molecule has 13 nitrogen and oxygen atoms in total. The predicted molar refractivity (Wildman–Crippen MR) is 247 cm³/mol. The van der Waals surface area contributed by atoms with E-state index >= 15 is 8.78 Å². The van der Waals surface area contributed by atoms with Crippen molar-refractivity contribution in [3.8, 4) is 11.1 Å². The van der Waals surface area contributed by atoms with E-state index in [1.807, 2.05) is 0 Å². The fourth-order valence-corrected chi connectivity index (χ4v) is 10.7. The second-order valence-electron chi connectivity index (χ2n) is 18.8. The first kappa shape index (κ1) is 53.2. The van der Waals surface area contributed by atoms with Crippen LogP contribution in [0, 0.1) is 24.5 Å². The number of fused-ring (bicyclic) bond motifs is 4. The number of nitrogens with zero attached hydrogens (tertiary/aromatic N) is 6. The molecule has 3 atom stereocenters. The number of anilines is 1. The van der Waals surface area contributed by atoms with Gasteiger partial charge in [-0.1, -0.05) is 41.9 Å². The number of hydrogen-bond donors (Lipinski definition) is 1. The highest BCUT2D eigenvalue weighted by Gasteiger charge is 2.68. The standard InChI is InChI=1S/C47H42ClF10N7O6S2/c1-23-8-6-7-9-28(23)43(67)65(73(5,70)71)42-37-33(48)13-12-30(39(37)64(62-42)22-45(51,52)53)29-11-10-27(14-15-44(2,3)72(4,68)69)59-38(29)34(18-24-16-25(49)19-26(50)17-24)60-35(66)21-63-41-36(40(61-63)47(56,57)58)31-20-32(31)46(41,54)55/h6-13,16-17,19,31-32,34H,14-15,18,20-22H2,1-5H3,(H,60,66)/t31-,32+,34-/m0/s1. The lowest BCUT2D eigenvalue weighted by molar-refractivity contribution is -0.143. The second kappa shape index (κ2) is 18.4. The van der Waals surface area contributed by atoms with Gasteiger partial charge in [0.2, 0.25) is 15.9 Å². The minimum absolute atomic E-state index is 0.0699. The minimum atomic E-state index is -5.21. The molecule has 3 aromatic carbocycles. The number of carbonyl (C=O) groups is 2. The fraction of sp³-hybridized carbons (Fsp3) is 0.383. The summed E-state index contributed by atoms with van der Waals surface area (Å²) < 4.78 is 200. The van der Waals surface area contributed by atoms with Crippen LogP contribution in [-0.4, -0.2) is 76.6 Å². The van der Waals surface area contributed by atoms with E-state index in [0.29, 0.717) is 17.0 Å². The molecule has 8 rings (SSSR count). The number of rotatable bonds is 15. The van der Waals surface area contributed by atoms with Gasteiger partial charge in [-0.25, -0.2) is 25.6 Å². The molecule has 0 saturated heterocycles. The highest BCUT2D eigenvalue weighted by molar-refractivity contribution is 7.93. The molecule has 3 heterocycles. The van der Waals surface area contributed by atoms with Crippen LogP contribution in [0.5, 0.6) is 0 Å². The van der Waals surface area contributed by atoms with E-state index in [1.54, 1.807) is 6.07 Å². The summed E-state index contributed by atoms with van der Waals surface area (Å²) in [4.78, 5) is 33.2. The van der Waals surface area contributed by atoms with E-state index in [4.69, 9.17) is 16.6 Å². The normalized spacial score (nSPS) is 17.1. The molecule has 6 aromatic rings. The molecule has 2 aliphatic rings. The Kier molecular flexibility index (Phi) is 13.4. The Hall–Kier alpha value is -6.08. The van der Waals surface area contributed by atoms with E-state index in [1.165, 1.54) is 57.2 Å². The van der Waals surface area contributed by atoms with E-state index in [2.05, 4.69) is 15.5 Å². The lowest BCUT2D eigenvalue weighted by Gasteiger charge is -2.25. The smallest absolute Gasteiger partial charge is 0.346 e. The monoisotopic (exact) mass is 1090 g/mol. The van der Waals surface area contributed by atoms with Crippen LogP contribution < -0.4 is 9.62 Å². The summed E-state index contributed by atoms with van der Waals surface area (Å²) >= 11 is 6.72. The van der Waals surface area contributed by atoms with Crippen LogP contribution in [0.25, 0.3) is 22.0 Å². The topological polar surface area (TPSA) is 166 Å². The number of benzene rings is 3. The van der Waals surface area contributed by atoms with Crippen molar-refractivity contribution in [3.63, 3.8) is 0 Å². The lowest BCUT2D eigenvalue weighted by Crippen LogP contribution is -2.37. The highest BCUT2D eigenvalue weighted by Crippen LogP contribution is 2.68. The Morgan fingerprint density at radius 3 is 2.15 bits per heavy atom. The zero-order chi connectivity index (χ0) is 53.7. The summed E-state index contributed by atoms with van der Waals surface area (Å²) in [5, 5.41) is 9.01. The summed E-state index contributed by atoms with van der Waals surface area (Å²) in [6.45, 7) is 1.12. The van der Waals surface area contributed by atoms with Crippen LogP contribution in [0.3, 0.4) is 0 Å². The zero-order valence-corrected chi connectivity index (χ0v) is 41.3. The molecule has 0 radical (unpaired) electrons. The number of pyridine rings is 1. The van der Waals surface area contributed by atoms with Gasteiger partial charge in [-0.05, 0) is 93.8 Å². The molecule has 390 valence electrons. The van der Waals surface area contributed by atoms with Gasteiger partial charge >= 0.3 is 12.4 Å². The van der Waals surface area contributed by atoms with Crippen LogP contribution in [0.4, 0.5) is 49.7 Å². The lowest BCUT2D eigenvalue weighted by atomic mass is 9.93. The molecule has 0 spiro atoms. The largest absolute Gasteiger partial charge is 0.435 e. The molecular weight excluding hydrogens is 1050 g/mol. The Morgan fingerprint density at radius 1 is 0.904 bits per heavy atom. The number of sulfonamides is 1. The van der Waals surface area contributed by atoms with Crippen molar-refractivity contribution in [2.24, 2.45) is 5.92 Å². The highest BCUT2D eigenvalue weighted by atomic mass is 35.5. The average molecular weight is 1090 g/mol. The fourth-order valence-electron chi connectivity index (χ4n) is 9.15. The first-order valence-electron chi connectivity index (χ1n) is 22.0. The molecule has 73 heavy (non-hydrogen) atoms. The van der Waals surface area contributed by atoms with E-state index < -0.39 is 142 Å². The van der Waals surface area contributed by atoms with Crippen molar-refractivity contribution in [1.29, 1.82) is 0 Å². The molecule has 26 heteroatoms. The SMILES string of the molecule is Cc1ccccc1C(=O)N(c1nn(CC(F)(F)F)c2c(-c3ccc(CCC(C)(C)S(C)(=O)=O)nc3[C@H](Cc3cc(F)cc(F)c3)NC(=O)Cn3nc(C(F)(F)F)c4c3C(F)(F)[C@@H]3C[C@H]43)ccc(Cl)c12)S(C)(=O)=O. The van der Waals surface area contributed by atoms with Gasteiger partial charge in [0.05, 0.1) is 38.7 Å². The second-order valence-corrected chi connectivity index (χ2v) is 23.7. The van der Waals surface area contributed by atoms with Gasteiger partial charge in [-0.15, -0.1) is 0 Å². The number of halogens is 11. The Balaban J connectivity index is 1.36. The number of sulfone groups is 1.